The molecule has 9 heteroatoms. The lowest BCUT2D eigenvalue weighted by atomic mass is 10.1. The van der Waals surface area contributed by atoms with Gasteiger partial charge in [0.1, 0.15) is 16.8 Å². The van der Waals surface area contributed by atoms with E-state index in [-0.39, 0.29) is 23.8 Å². The lowest BCUT2D eigenvalue weighted by Crippen LogP contribution is -2.54. The van der Waals surface area contributed by atoms with E-state index in [0.29, 0.717) is 30.7 Å². The fourth-order valence-electron chi connectivity index (χ4n) is 3.61. The highest BCUT2D eigenvalue weighted by atomic mass is 35.5. The predicted molar refractivity (Wildman–Crippen MR) is 93.4 cm³/mol. The van der Waals surface area contributed by atoms with Crippen LogP contribution in [-0.2, 0) is 0 Å². The summed E-state index contributed by atoms with van der Waals surface area (Å²) < 4.78 is 27.4. The molecule has 3 heterocycles. The molecule has 0 radical (unpaired) electrons. The molecule has 4 rings (SSSR count). The van der Waals surface area contributed by atoms with Crippen molar-refractivity contribution < 1.29 is 13.6 Å². The highest BCUT2D eigenvalue weighted by molar-refractivity contribution is 6.29. The van der Waals surface area contributed by atoms with Gasteiger partial charge in [0.15, 0.2) is 0 Å². The van der Waals surface area contributed by atoms with Gasteiger partial charge in [0, 0.05) is 31.9 Å². The molecule has 6 nitrogen and oxygen atoms in total. The van der Waals surface area contributed by atoms with Crippen molar-refractivity contribution in [2.45, 2.75) is 19.0 Å². The molecule has 0 aliphatic carbocycles. The van der Waals surface area contributed by atoms with Crippen LogP contribution in [-0.4, -0.2) is 52.6 Å². The Balaban J connectivity index is 1.61. The molecule has 26 heavy (non-hydrogen) atoms. The number of rotatable bonds is 2. The lowest BCUT2D eigenvalue weighted by molar-refractivity contribution is 0.195. The fourth-order valence-corrected chi connectivity index (χ4v) is 3.74. The molecule has 2 aliphatic rings. The van der Waals surface area contributed by atoms with Gasteiger partial charge in [0.25, 0.3) is 0 Å². The maximum Gasteiger partial charge on any atom is 0.325 e. The number of hydrogen-bond donors (Lipinski definition) is 0. The number of fused-ring (bicyclic) bond motifs is 1. The number of urea groups is 1. The van der Waals surface area contributed by atoms with Crippen molar-refractivity contribution in [3.63, 3.8) is 0 Å². The molecule has 0 bridgehead atoms. The molecule has 0 spiro atoms. The van der Waals surface area contributed by atoms with Crippen LogP contribution in [0.2, 0.25) is 5.15 Å². The monoisotopic (exact) mass is 379 g/mol. The minimum Gasteiger partial charge on any atom is -0.337 e. The molecular weight excluding hydrogens is 364 g/mol. The maximum absolute atomic E-state index is 14.2. The number of benzene rings is 1. The summed E-state index contributed by atoms with van der Waals surface area (Å²) in [5.41, 5.74) is 0.0869. The van der Waals surface area contributed by atoms with Gasteiger partial charge >= 0.3 is 6.03 Å². The van der Waals surface area contributed by atoms with Gasteiger partial charge in [-0.25, -0.2) is 23.5 Å². The number of anilines is 2. The summed E-state index contributed by atoms with van der Waals surface area (Å²) in [5, 5.41) is 0.350. The largest absolute Gasteiger partial charge is 0.337 e. The molecule has 1 aromatic carbocycles. The van der Waals surface area contributed by atoms with Crippen molar-refractivity contribution in [1.82, 2.24) is 14.9 Å². The zero-order chi connectivity index (χ0) is 18.4. The van der Waals surface area contributed by atoms with Crippen molar-refractivity contribution in [2.75, 3.05) is 29.4 Å². The van der Waals surface area contributed by atoms with Gasteiger partial charge in [-0.05, 0) is 25.1 Å². The average Bonchev–Trinajstić information content (AvgIpc) is 2.86. The van der Waals surface area contributed by atoms with Crippen LogP contribution >= 0.6 is 11.6 Å². The quantitative estimate of drug-likeness (QED) is 0.753. The number of piperazine rings is 1. The number of halogens is 3. The lowest BCUT2D eigenvalue weighted by Gasteiger charge is -2.37. The SMILES string of the molecule is CC1C2CN(c3nccc(Cl)n3)CCN2C(=O)N1c1ccc(F)cc1F. The van der Waals surface area contributed by atoms with Crippen LogP contribution in [0, 0.1) is 11.6 Å². The number of amides is 2. The molecule has 2 unspecified atom stereocenters. The summed E-state index contributed by atoms with van der Waals surface area (Å²) in [7, 11) is 0. The Kier molecular flexibility index (Phi) is 4.14. The van der Waals surface area contributed by atoms with Crippen LogP contribution < -0.4 is 9.80 Å². The first-order valence-corrected chi connectivity index (χ1v) is 8.62. The molecule has 136 valence electrons. The zero-order valence-electron chi connectivity index (χ0n) is 13.9. The van der Waals surface area contributed by atoms with Crippen molar-refractivity contribution >= 4 is 29.3 Å². The Morgan fingerprint density at radius 3 is 2.77 bits per heavy atom. The Morgan fingerprint density at radius 2 is 2.04 bits per heavy atom. The summed E-state index contributed by atoms with van der Waals surface area (Å²) >= 11 is 5.94. The minimum absolute atomic E-state index is 0.0869. The molecule has 2 fully saturated rings. The first-order valence-electron chi connectivity index (χ1n) is 8.24. The van der Waals surface area contributed by atoms with Crippen molar-refractivity contribution in [3.8, 4) is 0 Å². The second-order valence-corrected chi connectivity index (χ2v) is 6.76. The first kappa shape index (κ1) is 17.0. The van der Waals surface area contributed by atoms with E-state index in [9.17, 15) is 13.6 Å². The molecule has 0 N–H and O–H groups in total. The fraction of sp³-hybridized carbons (Fsp3) is 0.353. The van der Waals surface area contributed by atoms with E-state index in [2.05, 4.69) is 9.97 Å². The first-order chi connectivity index (χ1) is 12.5. The van der Waals surface area contributed by atoms with E-state index in [1.165, 1.54) is 11.0 Å². The number of hydrogen-bond acceptors (Lipinski definition) is 4. The Hall–Kier alpha value is -2.48. The van der Waals surface area contributed by atoms with E-state index in [1.54, 1.807) is 17.2 Å². The van der Waals surface area contributed by atoms with Gasteiger partial charge in [0.05, 0.1) is 17.8 Å². The van der Waals surface area contributed by atoms with Crippen LogP contribution in [0.3, 0.4) is 0 Å². The molecule has 2 amide bonds. The molecule has 2 aromatic rings. The Bertz CT molecular complexity index is 867. The zero-order valence-corrected chi connectivity index (χ0v) is 14.7. The smallest absolute Gasteiger partial charge is 0.325 e. The Morgan fingerprint density at radius 1 is 1.23 bits per heavy atom. The summed E-state index contributed by atoms with van der Waals surface area (Å²) in [4.78, 5) is 26.3. The summed E-state index contributed by atoms with van der Waals surface area (Å²) in [6, 6.07) is 4.12. The third-order valence-corrected chi connectivity index (χ3v) is 5.11. The number of carbonyl (C=O) groups excluding carboxylic acids is 1. The second-order valence-electron chi connectivity index (χ2n) is 6.38. The summed E-state index contributed by atoms with van der Waals surface area (Å²) in [6.45, 7) is 3.37. The molecule has 2 atom stereocenters. The van der Waals surface area contributed by atoms with Gasteiger partial charge in [0.2, 0.25) is 5.95 Å². The number of nitrogens with zero attached hydrogens (tertiary/aromatic N) is 5. The van der Waals surface area contributed by atoms with E-state index >= 15 is 0 Å². The number of carbonyl (C=O) groups is 1. The second kappa shape index (κ2) is 6.35. The highest BCUT2D eigenvalue weighted by Gasteiger charge is 2.47. The van der Waals surface area contributed by atoms with Gasteiger partial charge in [-0.1, -0.05) is 11.6 Å². The molecule has 2 aliphatic heterocycles. The molecular formula is C17H16ClF2N5O. The topological polar surface area (TPSA) is 52.6 Å². The molecule has 1 aromatic heterocycles. The van der Waals surface area contributed by atoms with Crippen molar-refractivity contribution in [2.24, 2.45) is 0 Å². The van der Waals surface area contributed by atoms with E-state index in [0.717, 1.165) is 12.1 Å². The average molecular weight is 380 g/mol. The standard InChI is InChI=1S/C17H16ClF2N5O/c1-10-14-9-23(16-21-5-4-15(18)22-16)6-7-24(14)17(26)25(10)13-3-2-11(19)8-12(13)20/h2-5,8,10,14H,6-7,9H2,1H3. The maximum atomic E-state index is 14.2. The predicted octanol–water partition coefficient (Wildman–Crippen LogP) is 2.93. The van der Waals surface area contributed by atoms with Gasteiger partial charge in [-0.3, -0.25) is 4.90 Å². The van der Waals surface area contributed by atoms with Crippen LogP contribution in [0.15, 0.2) is 30.5 Å². The number of aromatic nitrogens is 2. The third kappa shape index (κ3) is 2.74. The molecule has 0 saturated carbocycles. The van der Waals surface area contributed by atoms with Gasteiger partial charge < -0.3 is 9.80 Å². The normalized spacial score (nSPS) is 22.8. The Labute approximate surface area is 154 Å². The van der Waals surface area contributed by atoms with E-state index in [4.69, 9.17) is 11.6 Å². The highest BCUT2D eigenvalue weighted by Crippen LogP contribution is 2.33. The summed E-state index contributed by atoms with van der Waals surface area (Å²) in [5.74, 6) is -0.921. The van der Waals surface area contributed by atoms with Gasteiger partial charge in [-0.2, -0.15) is 0 Å². The third-order valence-electron chi connectivity index (χ3n) is 4.90. The summed E-state index contributed by atoms with van der Waals surface area (Å²) in [6.07, 6.45) is 1.58. The van der Waals surface area contributed by atoms with Crippen LogP contribution in [0.25, 0.3) is 0 Å². The van der Waals surface area contributed by atoms with Crippen LogP contribution in [0.4, 0.5) is 25.2 Å². The minimum atomic E-state index is -0.750. The van der Waals surface area contributed by atoms with E-state index < -0.39 is 11.6 Å². The van der Waals surface area contributed by atoms with Crippen LogP contribution in [0.5, 0.6) is 0 Å². The van der Waals surface area contributed by atoms with Crippen molar-refractivity contribution in [1.29, 1.82) is 0 Å². The van der Waals surface area contributed by atoms with Crippen LogP contribution in [0.1, 0.15) is 6.92 Å². The van der Waals surface area contributed by atoms with Crippen molar-refractivity contribution in [3.05, 3.63) is 47.2 Å². The van der Waals surface area contributed by atoms with E-state index in [1.807, 2.05) is 11.8 Å². The van der Waals surface area contributed by atoms with Gasteiger partial charge in [-0.15, -0.1) is 0 Å². The molecule has 2 saturated heterocycles.